The van der Waals surface area contributed by atoms with Gasteiger partial charge in [0.2, 0.25) is 0 Å². The maximum atomic E-state index is 5.16. The summed E-state index contributed by atoms with van der Waals surface area (Å²) in [5.74, 6) is 2.89. The van der Waals surface area contributed by atoms with Crippen molar-refractivity contribution in [2.75, 3.05) is 0 Å². The fraction of sp³-hybridized carbons (Fsp3) is 0.0612. The topological polar surface area (TPSA) is 56.5 Å². The Balaban J connectivity index is 1.10. The Bertz CT molecular complexity index is 2780. The number of para-hydroxylation sites is 3. The van der Waals surface area contributed by atoms with Crippen molar-refractivity contribution < 1.29 is 0 Å². The van der Waals surface area contributed by atoms with E-state index in [9.17, 15) is 0 Å². The number of nitrogens with zero attached hydrogens (tertiary/aromatic N) is 5. The normalized spacial score (nSPS) is 12.8. The number of rotatable bonds is 6. The fourth-order valence-electron chi connectivity index (χ4n) is 8.10. The second-order valence-electron chi connectivity index (χ2n) is 14.3. The Morgan fingerprint density at radius 2 is 0.963 bits per heavy atom. The number of imidazole rings is 1. The molecule has 1 aliphatic rings. The third kappa shape index (κ3) is 5.24. The molecule has 5 heteroatoms. The molecule has 0 saturated carbocycles. The van der Waals surface area contributed by atoms with Crippen molar-refractivity contribution in [2.45, 2.75) is 19.3 Å². The van der Waals surface area contributed by atoms with E-state index in [1.165, 1.54) is 27.8 Å². The van der Waals surface area contributed by atoms with Crippen LogP contribution in [0.15, 0.2) is 176 Å². The maximum absolute atomic E-state index is 5.16. The molecular weight excluding hydrogens is 659 g/mol. The molecule has 9 aromatic rings. The first-order valence-electron chi connectivity index (χ1n) is 18.3. The second kappa shape index (κ2) is 12.6. The third-order valence-electron chi connectivity index (χ3n) is 10.6. The molecule has 0 atom stereocenters. The summed E-state index contributed by atoms with van der Waals surface area (Å²) in [6.07, 6.45) is 0. The van der Waals surface area contributed by atoms with Crippen LogP contribution in [0.25, 0.3) is 84.5 Å². The van der Waals surface area contributed by atoms with Crippen molar-refractivity contribution in [3.8, 4) is 73.5 Å². The van der Waals surface area contributed by atoms with Gasteiger partial charge >= 0.3 is 0 Å². The van der Waals surface area contributed by atoms with Crippen LogP contribution in [0.3, 0.4) is 0 Å². The number of hydrogen-bond acceptors (Lipinski definition) is 4. The molecular formula is C49H35N5. The minimum Gasteiger partial charge on any atom is -0.292 e. The molecule has 0 saturated heterocycles. The van der Waals surface area contributed by atoms with Crippen LogP contribution in [0, 0.1) is 0 Å². The summed E-state index contributed by atoms with van der Waals surface area (Å²) in [7, 11) is 0. The van der Waals surface area contributed by atoms with Gasteiger partial charge in [0.1, 0.15) is 5.82 Å². The molecule has 0 aliphatic heterocycles. The molecule has 1 aliphatic carbocycles. The van der Waals surface area contributed by atoms with E-state index in [-0.39, 0.29) is 5.41 Å². The van der Waals surface area contributed by atoms with Crippen molar-refractivity contribution >= 4 is 11.0 Å². The highest BCUT2D eigenvalue weighted by molar-refractivity contribution is 5.91. The standard InChI is InChI=1S/C49H35N5/c1-49(2)41-29-28-35(47-52-45(32-16-6-3-7-17-32)51-46(53-47)33-18-8-4-9-19-33)31-40(41)39-25-15-24-38(44(39)49)34-20-14-21-36(30-34)48-50-42-26-12-13-27-43(42)54(48)37-22-10-5-11-23-37/h3-31H,1-2H3. The lowest BCUT2D eigenvalue weighted by Gasteiger charge is -2.24. The predicted molar refractivity (Wildman–Crippen MR) is 219 cm³/mol. The lowest BCUT2D eigenvalue weighted by molar-refractivity contribution is 0.662. The van der Waals surface area contributed by atoms with Crippen LogP contribution >= 0.6 is 0 Å². The van der Waals surface area contributed by atoms with Gasteiger partial charge in [-0.1, -0.05) is 153 Å². The highest BCUT2D eigenvalue weighted by atomic mass is 15.1. The Morgan fingerprint density at radius 3 is 1.67 bits per heavy atom. The zero-order valence-electron chi connectivity index (χ0n) is 30.0. The molecule has 2 heterocycles. The van der Waals surface area contributed by atoms with E-state index in [1.807, 2.05) is 60.7 Å². The molecule has 10 rings (SSSR count). The van der Waals surface area contributed by atoms with Crippen molar-refractivity contribution in [3.63, 3.8) is 0 Å². The number of hydrogen-bond donors (Lipinski definition) is 0. The summed E-state index contributed by atoms with van der Waals surface area (Å²) < 4.78 is 2.26. The van der Waals surface area contributed by atoms with Crippen LogP contribution in [0.2, 0.25) is 0 Å². The summed E-state index contributed by atoms with van der Waals surface area (Å²) >= 11 is 0. The molecule has 256 valence electrons. The first-order chi connectivity index (χ1) is 26.5. The molecule has 0 bridgehead atoms. The molecule has 2 aromatic heterocycles. The largest absolute Gasteiger partial charge is 0.292 e. The highest BCUT2D eigenvalue weighted by Crippen LogP contribution is 2.53. The van der Waals surface area contributed by atoms with Crippen molar-refractivity contribution in [3.05, 3.63) is 187 Å². The van der Waals surface area contributed by atoms with Gasteiger partial charge in [0.05, 0.1) is 11.0 Å². The first kappa shape index (κ1) is 31.7. The van der Waals surface area contributed by atoms with Gasteiger partial charge < -0.3 is 0 Å². The van der Waals surface area contributed by atoms with E-state index < -0.39 is 0 Å². The van der Waals surface area contributed by atoms with Crippen LogP contribution in [-0.2, 0) is 5.41 Å². The van der Waals surface area contributed by atoms with Gasteiger partial charge in [-0.25, -0.2) is 19.9 Å². The summed E-state index contributed by atoms with van der Waals surface area (Å²) in [4.78, 5) is 20.1. The molecule has 0 fully saturated rings. The minimum absolute atomic E-state index is 0.240. The Kier molecular flexibility index (Phi) is 7.41. The van der Waals surface area contributed by atoms with Gasteiger partial charge in [0.25, 0.3) is 0 Å². The first-order valence-corrected chi connectivity index (χ1v) is 18.3. The van der Waals surface area contributed by atoms with E-state index in [0.29, 0.717) is 17.5 Å². The molecule has 0 unspecified atom stereocenters. The van der Waals surface area contributed by atoms with Crippen LogP contribution in [0.1, 0.15) is 25.0 Å². The van der Waals surface area contributed by atoms with Crippen LogP contribution < -0.4 is 0 Å². The van der Waals surface area contributed by atoms with Crippen LogP contribution in [0.5, 0.6) is 0 Å². The van der Waals surface area contributed by atoms with Crippen molar-refractivity contribution in [2.24, 2.45) is 0 Å². The Labute approximate surface area is 314 Å². The molecule has 0 spiro atoms. The minimum atomic E-state index is -0.240. The summed E-state index contributed by atoms with van der Waals surface area (Å²) in [6.45, 7) is 4.67. The monoisotopic (exact) mass is 693 g/mol. The molecule has 54 heavy (non-hydrogen) atoms. The molecule has 5 nitrogen and oxygen atoms in total. The lowest BCUT2D eigenvalue weighted by Crippen LogP contribution is -2.16. The van der Waals surface area contributed by atoms with Crippen molar-refractivity contribution in [1.82, 2.24) is 24.5 Å². The smallest absolute Gasteiger partial charge is 0.164 e. The van der Waals surface area contributed by atoms with Gasteiger partial charge in [0, 0.05) is 33.4 Å². The lowest BCUT2D eigenvalue weighted by atomic mass is 9.78. The zero-order chi connectivity index (χ0) is 36.2. The van der Waals surface area contributed by atoms with E-state index in [1.54, 1.807) is 0 Å². The maximum Gasteiger partial charge on any atom is 0.164 e. The molecule has 0 radical (unpaired) electrons. The predicted octanol–water partition coefficient (Wildman–Crippen LogP) is 11.9. The Morgan fingerprint density at radius 1 is 0.407 bits per heavy atom. The summed E-state index contributed by atoms with van der Waals surface area (Å²) in [5.41, 5.74) is 14.3. The quantitative estimate of drug-likeness (QED) is 0.174. The molecule has 7 aromatic carbocycles. The summed E-state index contributed by atoms with van der Waals surface area (Å²) in [5, 5.41) is 0. The second-order valence-corrected chi connectivity index (χ2v) is 14.3. The average Bonchev–Trinajstić information content (AvgIpc) is 3.74. The van der Waals surface area contributed by atoms with Crippen molar-refractivity contribution in [1.29, 1.82) is 0 Å². The fourth-order valence-corrected chi connectivity index (χ4v) is 8.10. The van der Waals surface area contributed by atoms with Crippen LogP contribution in [0.4, 0.5) is 0 Å². The summed E-state index contributed by atoms with van der Waals surface area (Å²) in [6, 6.07) is 61.3. The van der Waals surface area contributed by atoms with Gasteiger partial charge in [-0.05, 0) is 69.8 Å². The SMILES string of the molecule is CC1(C)c2ccc(-c3nc(-c4ccccc4)nc(-c4ccccc4)n3)cc2-c2cccc(-c3cccc(-c4nc5ccccc5n4-c4ccccc4)c3)c21. The van der Waals surface area contributed by atoms with E-state index >= 15 is 0 Å². The molecule has 0 amide bonds. The zero-order valence-corrected chi connectivity index (χ0v) is 30.0. The van der Waals surface area contributed by atoms with Gasteiger partial charge in [-0.2, -0.15) is 0 Å². The van der Waals surface area contributed by atoms with Crippen LogP contribution in [-0.4, -0.2) is 24.5 Å². The van der Waals surface area contributed by atoms with E-state index in [0.717, 1.165) is 50.4 Å². The number of fused-ring (bicyclic) bond motifs is 4. The van der Waals surface area contributed by atoms with E-state index in [2.05, 4.69) is 134 Å². The number of aromatic nitrogens is 5. The van der Waals surface area contributed by atoms with E-state index in [4.69, 9.17) is 19.9 Å². The van der Waals surface area contributed by atoms with Gasteiger partial charge in [-0.15, -0.1) is 0 Å². The van der Waals surface area contributed by atoms with Gasteiger partial charge in [0.15, 0.2) is 17.5 Å². The average molecular weight is 694 g/mol. The third-order valence-corrected chi connectivity index (χ3v) is 10.6. The molecule has 0 N–H and O–H groups in total. The Hall–Kier alpha value is -6.98. The highest BCUT2D eigenvalue weighted by Gasteiger charge is 2.38. The number of benzene rings is 7. The van der Waals surface area contributed by atoms with Gasteiger partial charge in [-0.3, -0.25) is 4.57 Å².